The van der Waals surface area contributed by atoms with Gasteiger partial charge in [-0.15, -0.1) is 0 Å². The van der Waals surface area contributed by atoms with Crippen molar-refractivity contribution in [1.82, 2.24) is 4.90 Å². The van der Waals surface area contributed by atoms with Gasteiger partial charge in [-0.1, -0.05) is 30.3 Å². The molecule has 79 valence electrons. The van der Waals surface area contributed by atoms with Crippen LogP contribution < -0.4 is 5.73 Å². The molecule has 2 rings (SSSR count). The number of likely N-dealkylation sites (tertiary alicyclic amines) is 1. The van der Waals surface area contributed by atoms with Crippen LogP contribution >= 0.6 is 0 Å². The normalized spacial score (nSPS) is 17.7. The Morgan fingerprint density at radius 2 is 1.73 bits per heavy atom. The minimum absolute atomic E-state index is 0.304. The average molecular weight is 203 g/mol. The predicted octanol–water partition coefficient (Wildman–Crippen LogP) is 1.78. The Morgan fingerprint density at radius 1 is 1.13 bits per heavy atom. The molecule has 1 heterocycles. The van der Waals surface area contributed by atoms with Crippen LogP contribution in [0.5, 0.6) is 0 Å². The number of urea groups is 1. The van der Waals surface area contributed by atoms with E-state index in [-0.39, 0.29) is 6.03 Å². The minimum Gasteiger partial charge on any atom is -0.351 e. The molecule has 0 atom stereocenters. The van der Waals surface area contributed by atoms with Crippen LogP contribution in [0.3, 0.4) is 0 Å². The zero-order valence-corrected chi connectivity index (χ0v) is 8.65. The number of hydrogen-bond acceptors (Lipinski definition) is 1. The molecule has 1 saturated heterocycles. The molecule has 1 aliphatic rings. The molecule has 0 aliphatic carbocycles. The van der Waals surface area contributed by atoms with E-state index >= 15 is 0 Å². The molecule has 1 aromatic rings. The van der Waals surface area contributed by atoms with E-state index < -0.39 is 0 Å². The van der Waals surface area contributed by atoms with Crippen molar-refractivity contribution in [3.05, 3.63) is 41.8 Å². The lowest BCUT2D eigenvalue weighted by Gasteiger charge is -2.30. The number of piperidine rings is 1. The number of amides is 2. The smallest absolute Gasteiger partial charge is 0.314 e. The van der Waals surface area contributed by atoms with Crippen molar-refractivity contribution in [3.8, 4) is 0 Å². The second-order valence-corrected chi connectivity index (χ2v) is 3.79. The molecule has 3 heteroatoms. The number of carbonyl (C=O) groups excluding carboxylic acids is 1. The summed E-state index contributed by atoms with van der Waals surface area (Å²) in [5, 5.41) is 0. The first-order valence-corrected chi connectivity index (χ1v) is 5.22. The Morgan fingerprint density at radius 3 is 2.27 bits per heavy atom. The van der Waals surface area contributed by atoms with E-state index in [1.54, 1.807) is 4.90 Å². The largest absolute Gasteiger partial charge is 0.351 e. The lowest BCUT2D eigenvalue weighted by molar-refractivity contribution is 0.200. The zero-order chi connectivity index (χ0) is 10.7. The fraction of sp³-hybridized carbons (Fsp3) is 0.333. The van der Waals surface area contributed by atoms with E-state index in [1.165, 1.54) is 11.5 Å². The van der Waals surface area contributed by atoms with Gasteiger partial charge < -0.3 is 10.6 Å². The van der Waals surface area contributed by atoms with Crippen LogP contribution in [0.15, 0.2) is 30.3 Å². The highest BCUT2D eigenvalue weighted by atomic mass is 16.2. The topological polar surface area (TPSA) is 46.3 Å². The molecule has 3 nitrogen and oxygen atoms in total. The van der Waals surface area contributed by atoms with Gasteiger partial charge in [0, 0.05) is 19.0 Å². The number of hydrogen-bond donors (Lipinski definition) is 1. The van der Waals surface area contributed by atoms with Crippen LogP contribution in [0.25, 0.3) is 0 Å². The average Bonchev–Trinajstić information content (AvgIpc) is 2.30. The second kappa shape index (κ2) is 4.34. The summed E-state index contributed by atoms with van der Waals surface area (Å²) < 4.78 is 0. The Bertz CT molecular complexity index is 329. The third-order valence-electron chi connectivity index (χ3n) is 2.86. The summed E-state index contributed by atoms with van der Waals surface area (Å²) in [5.74, 6) is 1.42. The van der Waals surface area contributed by atoms with Crippen molar-refractivity contribution in [3.63, 3.8) is 0 Å². The third kappa shape index (κ3) is 2.29. The van der Waals surface area contributed by atoms with Gasteiger partial charge in [-0.05, 0) is 18.4 Å². The summed E-state index contributed by atoms with van der Waals surface area (Å²) in [6.45, 7) is 1.50. The van der Waals surface area contributed by atoms with Crippen LogP contribution in [0.4, 0.5) is 4.79 Å². The first-order chi connectivity index (χ1) is 7.27. The second-order valence-electron chi connectivity index (χ2n) is 3.79. The van der Waals surface area contributed by atoms with Crippen LogP contribution in [-0.4, -0.2) is 24.0 Å². The fourth-order valence-corrected chi connectivity index (χ4v) is 1.96. The Balaban J connectivity index is 1.97. The third-order valence-corrected chi connectivity index (χ3v) is 2.86. The van der Waals surface area contributed by atoms with E-state index in [1.807, 2.05) is 18.2 Å². The predicted molar refractivity (Wildman–Crippen MR) is 59.2 cm³/mol. The molecule has 1 aliphatic heterocycles. The monoisotopic (exact) mass is 203 g/mol. The highest BCUT2D eigenvalue weighted by molar-refractivity contribution is 5.72. The summed E-state index contributed by atoms with van der Waals surface area (Å²) in [7, 11) is 0. The van der Waals surface area contributed by atoms with Gasteiger partial charge in [0.05, 0.1) is 0 Å². The highest BCUT2D eigenvalue weighted by Crippen LogP contribution is 2.26. The number of benzene rings is 1. The molecule has 1 fully saturated rings. The maximum atomic E-state index is 10.9. The van der Waals surface area contributed by atoms with Gasteiger partial charge in [-0.25, -0.2) is 4.79 Å². The lowest BCUT2D eigenvalue weighted by Crippen LogP contribution is -2.41. The number of nitrogens with two attached hydrogens (primary N) is 1. The molecule has 15 heavy (non-hydrogen) atoms. The Hall–Kier alpha value is -1.51. The van der Waals surface area contributed by atoms with Gasteiger partial charge in [-0.3, -0.25) is 0 Å². The Kier molecular flexibility index (Phi) is 2.90. The summed E-state index contributed by atoms with van der Waals surface area (Å²) in [5.41, 5.74) is 6.52. The van der Waals surface area contributed by atoms with Crippen LogP contribution in [0.2, 0.25) is 0 Å². The number of rotatable bonds is 1. The van der Waals surface area contributed by atoms with E-state index in [0.29, 0.717) is 0 Å². The quantitative estimate of drug-likeness (QED) is 0.743. The van der Waals surface area contributed by atoms with Gasteiger partial charge in [0.25, 0.3) is 0 Å². The standard InChI is InChI=1S/C12H15N2O/c13-12(15)14-8-6-11(7-9-14)10-4-2-1-3-5-10/h1-5H,6-9H2,(H2,13,15). The van der Waals surface area contributed by atoms with Crippen LogP contribution in [0, 0.1) is 5.92 Å². The molecule has 2 N–H and O–H groups in total. The van der Waals surface area contributed by atoms with Crippen molar-refractivity contribution in [2.24, 2.45) is 5.73 Å². The first-order valence-electron chi connectivity index (χ1n) is 5.22. The number of carbonyl (C=O) groups is 1. The van der Waals surface area contributed by atoms with Crippen molar-refractivity contribution in [2.45, 2.75) is 12.8 Å². The van der Waals surface area contributed by atoms with Gasteiger partial charge in [0.2, 0.25) is 0 Å². The van der Waals surface area contributed by atoms with Crippen LogP contribution in [0.1, 0.15) is 18.4 Å². The van der Waals surface area contributed by atoms with Crippen molar-refractivity contribution < 1.29 is 4.79 Å². The maximum Gasteiger partial charge on any atom is 0.314 e. The molecule has 0 aromatic heterocycles. The summed E-state index contributed by atoms with van der Waals surface area (Å²) in [4.78, 5) is 12.6. The molecule has 1 aromatic carbocycles. The zero-order valence-electron chi connectivity index (χ0n) is 8.65. The SMILES string of the molecule is NC(=O)N1CC[C](c2ccccc2)CC1. The lowest BCUT2D eigenvalue weighted by atomic mass is 9.90. The molecular formula is C12H15N2O. The van der Waals surface area contributed by atoms with Gasteiger partial charge in [-0.2, -0.15) is 0 Å². The van der Waals surface area contributed by atoms with Crippen molar-refractivity contribution in [2.75, 3.05) is 13.1 Å². The van der Waals surface area contributed by atoms with E-state index in [0.717, 1.165) is 25.9 Å². The maximum absolute atomic E-state index is 10.9. The molecule has 0 bridgehead atoms. The Labute approximate surface area is 89.9 Å². The molecule has 0 spiro atoms. The van der Waals surface area contributed by atoms with Gasteiger partial charge in [0.1, 0.15) is 0 Å². The van der Waals surface area contributed by atoms with E-state index in [9.17, 15) is 4.79 Å². The fourth-order valence-electron chi connectivity index (χ4n) is 1.96. The molecule has 1 radical (unpaired) electrons. The van der Waals surface area contributed by atoms with Crippen LogP contribution in [-0.2, 0) is 0 Å². The van der Waals surface area contributed by atoms with E-state index in [4.69, 9.17) is 5.73 Å². The summed E-state index contributed by atoms with van der Waals surface area (Å²) >= 11 is 0. The molecule has 0 unspecified atom stereocenters. The van der Waals surface area contributed by atoms with Gasteiger partial charge >= 0.3 is 6.03 Å². The van der Waals surface area contributed by atoms with Crippen molar-refractivity contribution >= 4 is 6.03 Å². The summed E-state index contributed by atoms with van der Waals surface area (Å²) in [6.07, 6.45) is 1.87. The number of primary amides is 1. The van der Waals surface area contributed by atoms with Gasteiger partial charge in [0.15, 0.2) is 0 Å². The molecule has 0 saturated carbocycles. The van der Waals surface area contributed by atoms with E-state index in [2.05, 4.69) is 12.1 Å². The van der Waals surface area contributed by atoms with Crippen molar-refractivity contribution in [1.29, 1.82) is 0 Å². The molecular weight excluding hydrogens is 188 g/mol. The highest BCUT2D eigenvalue weighted by Gasteiger charge is 2.22. The first kappa shape index (κ1) is 10.0. The molecule has 2 amide bonds. The summed E-state index contributed by atoms with van der Waals surface area (Å²) in [6, 6.07) is 10.0. The number of nitrogens with zero attached hydrogens (tertiary/aromatic N) is 1. The minimum atomic E-state index is -0.304.